The minimum absolute atomic E-state index is 0.148. The molecule has 2 aromatic carbocycles. The number of nitrogens with one attached hydrogen (secondary N) is 3. The van der Waals surface area contributed by atoms with Gasteiger partial charge in [-0.1, -0.05) is 24.3 Å². The zero-order valence-electron chi connectivity index (χ0n) is 15.0. The van der Waals surface area contributed by atoms with Crippen LogP contribution >= 0.6 is 0 Å². The molecular formula is C20H19N5O2. The number of aryl methyl sites for hydroxylation is 1. The fourth-order valence-electron chi connectivity index (χ4n) is 2.49. The highest BCUT2D eigenvalue weighted by atomic mass is 16.2. The average Bonchev–Trinajstić information content (AvgIpc) is 2.62. The summed E-state index contributed by atoms with van der Waals surface area (Å²) in [7, 11) is 0. The molecule has 0 atom stereocenters. The van der Waals surface area contributed by atoms with E-state index in [9.17, 15) is 9.59 Å². The van der Waals surface area contributed by atoms with Crippen molar-refractivity contribution in [1.29, 1.82) is 0 Å². The molecule has 0 saturated heterocycles. The zero-order valence-corrected chi connectivity index (χ0v) is 15.0. The molecule has 0 saturated carbocycles. The number of anilines is 4. The van der Waals surface area contributed by atoms with Gasteiger partial charge in [-0.15, -0.1) is 0 Å². The number of aromatic nitrogens is 2. The molecule has 1 heterocycles. The van der Waals surface area contributed by atoms with E-state index in [1.165, 1.54) is 6.92 Å². The summed E-state index contributed by atoms with van der Waals surface area (Å²) >= 11 is 0. The van der Waals surface area contributed by atoms with Crippen molar-refractivity contribution in [2.75, 3.05) is 16.0 Å². The lowest BCUT2D eigenvalue weighted by molar-refractivity contribution is -0.114. The first kappa shape index (κ1) is 18.1. The molecule has 0 spiro atoms. The summed E-state index contributed by atoms with van der Waals surface area (Å²) in [5.41, 5.74) is 2.34. The van der Waals surface area contributed by atoms with Gasteiger partial charge in [-0.25, -0.2) is 9.97 Å². The molecular weight excluding hydrogens is 342 g/mol. The van der Waals surface area contributed by atoms with Crippen molar-refractivity contribution in [3.05, 3.63) is 72.2 Å². The van der Waals surface area contributed by atoms with Gasteiger partial charge in [-0.3, -0.25) is 9.59 Å². The van der Waals surface area contributed by atoms with Gasteiger partial charge in [0.15, 0.2) is 0 Å². The molecule has 0 unspecified atom stereocenters. The van der Waals surface area contributed by atoms with Gasteiger partial charge < -0.3 is 16.0 Å². The second kappa shape index (κ2) is 8.09. The van der Waals surface area contributed by atoms with Crippen molar-refractivity contribution < 1.29 is 9.59 Å². The monoisotopic (exact) mass is 361 g/mol. The van der Waals surface area contributed by atoms with Crippen molar-refractivity contribution in [1.82, 2.24) is 9.97 Å². The fourth-order valence-corrected chi connectivity index (χ4v) is 2.49. The summed E-state index contributed by atoms with van der Waals surface area (Å²) in [6.07, 6.45) is 0. The molecule has 0 aliphatic carbocycles. The maximum atomic E-state index is 12.5. The Kier molecular flexibility index (Phi) is 5.41. The molecule has 7 heteroatoms. The molecule has 27 heavy (non-hydrogen) atoms. The lowest BCUT2D eigenvalue weighted by Crippen LogP contribution is -2.15. The average molecular weight is 361 g/mol. The SMILES string of the molecule is CC(=O)Nc1cccc(Nc2cc(C(=O)Nc3ccccc3)nc(C)n2)c1. The van der Waals surface area contributed by atoms with Crippen LogP contribution in [0, 0.1) is 6.92 Å². The number of carbonyl (C=O) groups is 2. The Labute approximate surface area is 156 Å². The first-order valence-corrected chi connectivity index (χ1v) is 8.36. The standard InChI is InChI=1S/C20H19N5O2/c1-13-21-18(20(27)25-15-7-4-3-5-8-15)12-19(22-13)24-17-10-6-9-16(11-17)23-14(2)26/h3-12H,1-2H3,(H,23,26)(H,25,27)(H,21,22,24). The van der Waals surface area contributed by atoms with Crippen LogP contribution in [0.1, 0.15) is 23.2 Å². The topological polar surface area (TPSA) is 96.0 Å². The first-order valence-electron chi connectivity index (χ1n) is 8.36. The van der Waals surface area contributed by atoms with Crippen LogP contribution in [0.25, 0.3) is 0 Å². The molecule has 0 bridgehead atoms. The van der Waals surface area contributed by atoms with E-state index in [1.54, 1.807) is 37.3 Å². The molecule has 2 amide bonds. The largest absolute Gasteiger partial charge is 0.340 e. The van der Waals surface area contributed by atoms with E-state index in [0.29, 0.717) is 23.0 Å². The van der Waals surface area contributed by atoms with E-state index in [1.807, 2.05) is 30.3 Å². The van der Waals surface area contributed by atoms with Gasteiger partial charge in [-0.05, 0) is 37.3 Å². The Morgan fingerprint density at radius 2 is 1.52 bits per heavy atom. The Bertz CT molecular complexity index is 973. The summed E-state index contributed by atoms with van der Waals surface area (Å²) in [6, 6.07) is 18.0. The lowest BCUT2D eigenvalue weighted by atomic mass is 10.2. The van der Waals surface area contributed by atoms with Gasteiger partial charge in [0.2, 0.25) is 5.91 Å². The molecule has 3 aromatic rings. The number of nitrogens with zero attached hydrogens (tertiary/aromatic N) is 2. The summed E-state index contributed by atoms with van der Waals surface area (Å²) < 4.78 is 0. The van der Waals surface area contributed by atoms with Gasteiger partial charge in [0.05, 0.1) is 0 Å². The van der Waals surface area contributed by atoms with E-state index in [4.69, 9.17) is 0 Å². The highest BCUT2D eigenvalue weighted by Crippen LogP contribution is 2.20. The van der Waals surface area contributed by atoms with E-state index in [0.717, 1.165) is 5.69 Å². The van der Waals surface area contributed by atoms with E-state index < -0.39 is 0 Å². The molecule has 1 aromatic heterocycles. The number of carbonyl (C=O) groups excluding carboxylic acids is 2. The third-order valence-electron chi connectivity index (χ3n) is 3.56. The van der Waals surface area contributed by atoms with Crippen LogP contribution in [0.15, 0.2) is 60.7 Å². The number of benzene rings is 2. The second-order valence-corrected chi connectivity index (χ2v) is 5.89. The normalized spacial score (nSPS) is 10.1. The smallest absolute Gasteiger partial charge is 0.274 e. The van der Waals surface area contributed by atoms with Crippen LogP contribution in [0.5, 0.6) is 0 Å². The number of amides is 2. The number of hydrogen-bond acceptors (Lipinski definition) is 5. The van der Waals surface area contributed by atoms with Crippen molar-refractivity contribution in [3.8, 4) is 0 Å². The number of para-hydroxylation sites is 1. The fraction of sp³-hybridized carbons (Fsp3) is 0.100. The molecule has 0 aliphatic heterocycles. The van der Waals surface area contributed by atoms with E-state index >= 15 is 0 Å². The Morgan fingerprint density at radius 1 is 0.815 bits per heavy atom. The predicted octanol–water partition coefficient (Wildman–Crippen LogP) is 3.74. The highest BCUT2D eigenvalue weighted by molar-refractivity contribution is 6.03. The maximum absolute atomic E-state index is 12.5. The van der Waals surface area contributed by atoms with Gasteiger partial charge >= 0.3 is 0 Å². The highest BCUT2D eigenvalue weighted by Gasteiger charge is 2.11. The van der Waals surface area contributed by atoms with Crippen LogP contribution in [-0.4, -0.2) is 21.8 Å². The third kappa shape index (κ3) is 5.12. The number of hydrogen-bond donors (Lipinski definition) is 3. The van der Waals surface area contributed by atoms with Crippen LogP contribution in [0.3, 0.4) is 0 Å². The van der Waals surface area contributed by atoms with Crippen molar-refractivity contribution in [2.24, 2.45) is 0 Å². The number of rotatable bonds is 5. The summed E-state index contributed by atoms with van der Waals surface area (Å²) in [5.74, 6) is 0.489. The summed E-state index contributed by atoms with van der Waals surface area (Å²) in [4.78, 5) is 32.2. The van der Waals surface area contributed by atoms with E-state index in [2.05, 4.69) is 25.9 Å². The second-order valence-electron chi connectivity index (χ2n) is 5.89. The van der Waals surface area contributed by atoms with Crippen LogP contribution in [0.2, 0.25) is 0 Å². The molecule has 0 radical (unpaired) electrons. The van der Waals surface area contributed by atoms with Gasteiger partial charge in [0, 0.05) is 30.1 Å². The quantitative estimate of drug-likeness (QED) is 0.643. The van der Waals surface area contributed by atoms with Gasteiger partial charge in [0.25, 0.3) is 5.91 Å². The van der Waals surface area contributed by atoms with Crippen LogP contribution < -0.4 is 16.0 Å². The van der Waals surface area contributed by atoms with Gasteiger partial charge in [-0.2, -0.15) is 0 Å². The van der Waals surface area contributed by atoms with E-state index in [-0.39, 0.29) is 17.5 Å². The Hall–Kier alpha value is -3.74. The molecule has 136 valence electrons. The van der Waals surface area contributed by atoms with Crippen molar-refractivity contribution in [2.45, 2.75) is 13.8 Å². The van der Waals surface area contributed by atoms with Crippen LogP contribution in [-0.2, 0) is 4.79 Å². The molecule has 0 fully saturated rings. The molecule has 3 N–H and O–H groups in total. The Morgan fingerprint density at radius 3 is 2.26 bits per heavy atom. The minimum atomic E-state index is -0.318. The predicted molar refractivity (Wildman–Crippen MR) is 105 cm³/mol. The van der Waals surface area contributed by atoms with Crippen molar-refractivity contribution >= 4 is 34.7 Å². The summed E-state index contributed by atoms with van der Waals surface area (Å²) in [5, 5.41) is 8.66. The lowest BCUT2D eigenvalue weighted by Gasteiger charge is -2.10. The summed E-state index contributed by atoms with van der Waals surface area (Å²) in [6.45, 7) is 3.17. The molecule has 3 rings (SSSR count). The molecule has 7 nitrogen and oxygen atoms in total. The maximum Gasteiger partial charge on any atom is 0.274 e. The first-order chi connectivity index (χ1) is 13.0. The van der Waals surface area contributed by atoms with Crippen LogP contribution in [0.4, 0.5) is 22.9 Å². The minimum Gasteiger partial charge on any atom is -0.340 e. The van der Waals surface area contributed by atoms with Gasteiger partial charge in [0.1, 0.15) is 17.3 Å². The van der Waals surface area contributed by atoms with Crippen molar-refractivity contribution in [3.63, 3.8) is 0 Å². The third-order valence-corrected chi connectivity index (χ3v) is 3.56. The zero-order chi connectivity index (χ0) is 19.2. The molecule has 0 aliphatic rings. The Balaban J connectivity index is 1.79.